The van der Waals surface area contributed by atoms with E-state index in [2.05, 4.69) is 20.9 Å². The molecule has 0 saturated heterocycles. The highest BCUT2D eigenvalue weighted by Gasteiger charge is 2.11. The predicted octanol–water partition coefficient (Wildman–Crippen LogP) is 3.39. The molecule has 0 bridgehead atoms. The van der Waals surface area contributed by atoms with Gasteiger partial charge in [-0.15, -0.1) is 22.7 Å². The van der Waals surface area contributed by atoms with Gasteiger partial charge >= 0.3 is 0 Å². The van der Waals surface area contributed by atoms with Gasteiger partial charge in [-0.25, -0.2) is 0 Å². The Morgan fingerprint density at radius 3 is 2.93 bits per heavy atom. The van der Waals surface area contributed by atoms with E-state index < -0.39 is 0 Å². The van der Waals surface area contributed by atoms with Gasteiger partial charge < -0.3 is 0 Å². The smallest absolute Gasteiger partial charge is 0.179 e. The Labute approximate surface area is 97.7 Å². The van der Waals surface area contributed by atoms with Crippen LogP contribution in [-0.2, 0) is 6.42 Å². The highest BCUT2D eigenvalue weighted by atomic mass is 79.9. The van der Waals surface area contributed by atoms with Crippen molar-refractivity contribution in [3.05, 3.63) is 37.4 Å². The van der Waals surface area contributed by atoms with Gasteiger partial charge in [0, 0.05) is 22.0 Å². The van der Waals surface area contributed by atoms with Crippen LogP contribution in [0.25, 0.3) is 0 Å². The number of carbonyl (C=O) groups is 1. The lowest BCUT2D eigenvalue weighted by Gasteiger charge is -1.95. The number of halogens is 1. The number of thiazole rings is 1. The summed E-state index contributed by atoms with van der Waals surface area (Å²) < 4.78 is 1.01. The number of Topliss-reactive ketones (excluding diaryl/α,β-unsaturated/α-hetero) is 1. The lowest BCUT2D eigenvalue weighted by molar-refractivity contribution is 0.0997. The van der Waals surface area contributed by atoms with E-state index in [0.29, 0.717) is 6.42 Å². The predicted molar refractivity (Wildman–Crippen MR) is 62.2 cm³/mol. The number of ketones is 1. The SMILES string of the molecule is O=C(Cc1sccc1Br)c1cncs1. The molecule has 0 N–H and O–H groups in total. The lowest BCUT2D eigenvalue weighted by atomic mass is 10.2. The van der Waals surface area contributed by atoms with Crippen LogP contribution in [0.1, 0.15) is 14.5 Å². The van der Waals surface area contributed by atoms with E-state index in [1.54, 1.807) is 23.0 Å². The van der Waals surface area contributed by atoms with Crippen molar-refractivity contribution < 1.29 is 4.79 Å². The molecule has 0 spiro atoms. The second kappa shape index (κ2) is 4.33. The standard InChI is InChI=1S/C9H6BrNOS2/c10-6-1-2-13-8(6)3-7(12)9-4-11-5-14-9/h1-2,4-5H,3H2. The maximum Gasteiger partial charge on any atom is 0.179 e. The number of thiophene rings is 1. The van der Waals surface area contributed by atoms with Crippen LogP contribution in [-0.4, -0.2) is 10.8 Å². The molecule has 0 aromatic carbocycles. The van der Waals surface area contributed by atoms with Crippen LogP contribution in [0.5, 0.6) is 0 Å². The Morgan fingerprint density at radius 2 is 2.36 bits per heavy atom. The van der Waals surface area contributed by atoms with Crippen LogP contribution in [0.3, 0.4) is 0 Å². The third-order valence-corrected chi connectivity index (χ3v) is 4.46. The summed E-state index contributed by atoms with van der Waals surface area (Å²) in [5.41, 5.74) is 1.68. The second-order valence-electron chi connectivity index (χ2n) is 2.66. The minimum absolute atomic E-state index is 0.135. The number of hydrogen-bond acceptors (Lipinski definition) is 4. The minimum atomic E-state index is 0.135. The van der Waals surface area contributed by atoms with Crippen molar-refractivity contribution in [2.45, 2.75) is 6.42 Å². The topological polar surface area (TPSA) is 30.0 Å². The van der Waals surface area contributed by atoms with E-state index >= 15 is 0 Å². The fourth-order valence-electron chi connectivity index (χ4n) is 1.04. The molecule has 0 aliphatic rings. The molecule has 0 aliphatic heterocycles. The van der Waals surface area contributed by atoms with Gasteiger partial charge in [0.1, 0.15) is 0 Å². The van der Waals surface area contributed by atoms with E-state index in [4.69, 9.17) is 0 Å². The van der Waals surface area contributed by atoms with E-state index in [1.165, 1.54) is 11.3 Å². The molecule has 0 saturated carbocycles. The summed E-state index contributed by atoms with van der Waals surface area (Å²) in [5.74, 6) is 0.135. The van der Waals surface area contributed by atoms with Crippen molar-refractivity contribution in [1.82, 2.24) is 4.98 Å². The number of carbonyl (C=O) groups excluding carboxylic acids is 1. The van der Waals surface area contributed by atoms with Crippen LogP contribution in [0.2, 0.25) is 0 Å². The Balaban J connectivity index is 2.13. The Kier molecular flexibility index (Phi) is 3.10. The minimum Gasteiger partial charge on any atom is -0.293 e. The molecule has 2 aromatic heterocycles. The summed E-state index contributed by atoms with van der Waals surface area (Å²) in [4.78, 5) is 17.4. The zero-order chi connectivity index (χ0) is 9.97. The first-order chi connectivity index (χ1) is 6.77. The van der Waals surface area contributed by atoms with Gasteiger partial charge in [-0.2, -0.15) is 0 Å². The van der Waals surface area contributed by atoms with E-state index in [0.717, 1.165) is 14.2 Å². The quantitative estimate of drug-likeness (QED) is 0.810. The highest BCUT2D eigenvalue weighted by Crippen LogP contribution is 2.24. The summed E-state index contributed by atoms with van der Waals surface area (Å²) in [5, 5.41) is 1.97. The van der Waals surface area contributed by atoms with E-state index in [1.807, 2.05) is 11.4 Å². The van der Waals surface area contributed by atoms with Gasteiger partial charge in [0.25, 0.3) is 0 Å². The molecule has 2 heterocycles. The van der Waals surface area contributed by atoms with Gasteiger partial charge in [0.2, 0.25) is 0 Å². The summed E-state index contributed by atoms with van der Waals surface area (Å²) >= 11 is 6.38. The van der Waals surface area contributed by atoms with Gasteiger partial charge in [-0.1, -0.05) is 0 Å². The van der Waals surface area contributed by atoms with Crippen molar-refractivity contribution in [3.63, 3.8) is 0 Å². The summed E-state index contributed by atoms with van der Waals surface area (Å²) in [6, 6.07) is 1.96. The molecule has 14 heavy (non-hydrogen) atoms. The van der Waals surface area contributed by atoms with Crippen LogP contribution < -0.4 is 0 Å². The average Bonchev–Trinajstić information content (AvgIpc) is 2.77. The zero-order valence-corrected chi connectivity index (χ0v) is 10.3. The van der Waals surface area contributed by atoms with Crippen LogP contribution in [0.15, 0.2) is 27.6 Å². The molecule has 0 aliphatic carbocycles. The molecule has 72 valence electrons. The summed E-state index contributed by atoms with van der Waals surface area (Å²) in [6.45, 7) is 0. The molecule has 0 radical (unpaired) electrons. The van der Waals surface area contributed by atoms with Crippen molar-refractivity contribution >= 4 is 44.4 Å². The summed E-state index contributed by atoms with van der Waals surface area (Å²) in [6.07, 6.45) is 2.08. The fraction of sp³-hybridized carbons (Fsp3) is 0.111. The Hall–Kier alpha value is -0.520. The molecule has 0 atom stereocenters. The highest BCUT2D eigenvalue weighted by molar-refractivity contribution is 9.10. The molecule has 0 unspecified atom stereocenters. The molecule has 2 aromatic rings. The number of rotatable bonds is 3. The summed E-state index contributed by atoms with van der Waals surface area (Å²) in [7, 11) is 0. The maximum absolute atomic E-state index is 11.7. The third kappa shape index (κ3) is 2.10. The van der Waals surface area contributed by atoms with Gasteiger partial charge in [0.15, 0.2) is 5.78 Å². The first-order valence-electron chi connectivity index (χ1n) is 3.91. The van der Waals surface area contributed by atoms with Gasteiger partial charge in [-0.05, 0) is 27.4 Å². The van der Waals surface area contributed by atoms with Crippen LogP contribution in [0.4, 0.5) is 0 Å². The van der Waals surface area contributed by atoms with E-state index in [9.17, 15) is 4.79 Å². The third-order valence-electron chi connectivity index (χ3n) is 1.72. The first kappa shape index (κ1) is 10.0. The van der Waals surface area contributed by atoms with Crippen LogP contribution >= 0.6 is 38.6 Å². The molecule has 5 heteroatoms. The maximum atomic E-state index is 11.7. The largest absolute Gasteiger partial charge is 0.293 e. The second-order valence-corrected chi connectivity index (χ2v) is 5.40. The molecule has 0 amide bonds. The number of hydrogen-bond donors (Lipinski definition) is 0. The monoisotopic (exact) mass is 287 g/mol. The fourth-order valence-corrected chi connectivity index (χ4v) is 3.09. The molecular formula is C9H6BrNOS2. The lowest BCUT2D eigenvalue weighted by Crippen LogP contribution is -1.99. The van der Waals surface area contributed by atoms with Gasteiger partial charge in [0.05, 0.1) is 10.4 Å². The van der Waals surface area contributed by atoms with E-state index in [-0.39, 0.29) is 5.78 Å². The van der Waals surface area contributed by atoms with Gasteiger partial charge in [-0.3, -0.25) is 9.78 Å². The number of nitrogens with zero attached hydrogens (tertiary/aromatic N) is 1. The Bertz CT molecular complexity index is 435. The molecule has 2 nitrogen and oxygen atoms in total. The molecule has 2 rings (SSSR count). The zero-order valence-electron chi connectivity index (χ0n) is 7.07. The van der Waals surface area contributed by atoms with Crippen molar-refractivity contribution in [3.8, 4) is 0 Å². The number of aromatic nitrogens is 1. The Morgan fingerprint density at radius 1 is 1.50 bits per heavy atom. The average molecular weight is 288 g/mol. The van der Waals surface area contributed by atoms with Crippen LogP contribution in [0, 0.1) is 0 Å². The van der Waals surface area contributed by atoms with Crippen molar-refractivity contribution in [1.29, 1.82) is 0 Å². The molecular weight excluding hydrogens is 282 g/mol. The molecule has 0 fully saturated rings. The van der Waals surface area contributed by atoms with Crippen molar-refractivity contribution in [2.75, 3.05) is 0 Å². The van der Waals surface area contributed by atoms with Crippen molar-refractivity contribution in [2.24, 2.45) is 0 Å². The first-order valence-corrected chi connectivity index (χ1v) is 6.46. The normalized spacial score (nSPS) is 10.4.